The fraction of sp³-hybridized carbons (Fsp3) is 0.375. The van der Waals surface area contributed by atoms with Gasteiger partial charge in [-0.05, 0) is 54.5 Å². The lowest BCUT2D eigenvalue weighted by Gasteiger charge is -2.29. The molecule has 11 heteroatoms. The fourth-order valence-electron chi connectivity index (χ4n) is 4.64. The summed E-state index contributed by atoms with van der Waals surface area (Å²) in [4.78, 5) is 24.2. The zero-order valence-electron chi connectivity index (χ0n) is 25.1. The number of carboxylic acids is 1. The number of nitrogens with one attached hydrogen (secondary N) is 1. The molecule has 1 saturated heterocycles. The Hall–Kier alpha value is -3.72. The van der Waals surface area contributed by atoms with Gasteiger partial charge in [0.15, 0.2) is 0 Å². The van der Waals surface area contributed by atoms with Crippen molar-refractivity contribution in [3.05, 3.63) is 82.2 Å². The number of benzene rings is 3. The number of carbonyl (C=O) groups is 2. The summed E-state index contributed by atoms with van der Waals surface area (Å²) < 4.78 is 36.0. The minimum absolute atomic E-state index is 0.154. The lowest BCUT2D eigenvalue weighted by atomic mass is 10.00. The molecule has 232 valence electrons. The highest BCUT2D eigenvalue weighted by Gasteiger charge is 2.20. The number of nitrogens with zero attached hydrogens (tertiary/aromatic N) is 1. The number of amides is 1. The highest BCUT2D eigenvalue weighted by Crippen LogP contribution is 2.33. The van der Waals surface area contributed by atoms with Crippen LogP contribution in [0.1, 0.15) is 39.5 Å². The summed E-state index contributed by atoms with van der Waals surface area (Å²) in [5.74, 6) is -0.912. The van der Waals surface area contributed by atoms with Gasteiger partial charge in [-0.15, -0.1) is 9.24 Å². The van der Waals surface area contributed by atoms with Crippen LogP contribution in [0.15, 0.2) is 48.5 Å². The molecule has 43 heavy (non-hydrogen) atoms. The zero-order chi connectivity index (χ0) is 31.4. The second-order valence-electron chi connectivity index (χ2n) is 9.85. The molecule has 0 aromatic heterocycles. The van der Waals surface area contributed by atoms with Crippen LogP contribution in [0.25, 0.3) is 0 Å². The van der Waals surface area contributed by atoms with E-state index in [1.807, 2.05) is 24.0 Å². The van der Waals surface area contributed by atoms with Gasteiger partial charge in [0.1, 0.15) is 23.9 Å². The van der Waals surface area contributed by atoms with Crippen LogP contribution < -0.4 is 25.0 Å². The molecule has 3 aromatic carbocycles. The molecule has 3 aromatic rings. The first-order chi connectivity index (χ1) is 20.7. The SMILES string of the molecule is CCOCc1cc(OC)c(Cc2cccc(C)c2)c(OC)c1.O=C(O)CNC(=O)c1c(F)cc(N2CCOCC2)cc1P. The molecule has 0 aliphatic carbocycles. The summed E-state index contributed by atoms with van der Waals surface area (Å²) in [7, 11) is 5.70. The van der Waals surface area contributed by atoms with Crippen molar-refractivity contribution < 1.29 is 38.0 Å². The van der Waals surface area contributed by atoms with Gasteiger partial charge < -0.3 is 34.3 Å². The first-order valence-electron chi connectivity index (χ1n) is 14.0. The second-order valence-corrected chi connectivity index (χ2v) is 10.5. The molecule has 1 aliphatic rings. The Morgan fingerprint density at radius 3 is 2.28 bits per heavy atom. The van der Waals surface area contributed by atoms with E-state index in [0.29, 0.717) is 50.5 Å². The highest BCUT2D eigenvalue weighted by molar-refractivity contribution is 7.27. The third-order valence-electron chi connectivity index (χ3n) is 6.71. The third-order valence-corrected chi connectivity index (χ3v) is 7.17. The molecule has 1 unspecified atom stereocenters. The highest BCUT2D eigenvalue weighted by atomic mass is 31.0. The first kappa shape index (κ1) is 33.8. The Bertz CT molecular complexity index is 1350. The van der Waals surface area contributed by atoms with Crippen LogP contribution in [0, 0.1) is 12.7 Å². The average molecular weight is 615 g/mol. The van der Waals surface area contributed by atoms with E-state index in [9.17, 15) is 14.0 Å². The standard InChI is InChI=1S/C19H24O3.C13H16FN2O4P/c1-5-22-13-16-11-18(20-3)17(19(12-16)21-4)10-15-8-6-7-14(2)9-15;14-9-5-8(16-1-3-20-4-2-16)6-10(21)12(9)13(19)15-7-11(17)18/h6-9,11-12H,5,10,13H2,1-4H3;5-6H,1-4,7,21H2,(H,15,19)(H,17,18). The summed E-state index contributed by atoms with van der Waals surface area (Å²) in [6, 6.07) is 15.5. The Kier molecular flexibility index (Phi) is 13.2. The van der Waals surface area contributed by atoms with E-state index in [1.165, 1.54) is 17.2 Å². The normalized spacial score (nSPS) is 12.7. The average Bonchev–Trinajstić information content (AvgIpc) is 2.99. The minimum atomic E-state index is -1.18. The Labute approximate surface area is 254 Å². The smallest absolute Gasteiger partial charge is 0.322 e. The molecule has 4 rings (SSSR count). The van der Waals surface area contributed by atoms with Crippen LogP contribution in [0.5, 0.6) is 11.5 Å². The Morgan fingerprint density at radius 1 is 1.05 bits per heavy atom. The number of carboxylic acid groups (broad SMARTS) is 1. The van der Waals surface area contributed by atoms with Crippen LogP contribution in [0.3, 0.4) is 0 Å². The van der Waals surface area contributed by atoms with Crippen molar-refractivity contribution in [3.8, 4) is 11.5 Å². The number of hydrogen-bond donors (Lipinski definition) is 2. The van der Waals surface area contributed by atoms with E-state index in [0.717, 1.165) is 29.0 Å². The van der Waals surface area contributed by atoms with Gasteiger partial charge in [-0.3, -0.25) is 9.59 Å². The number of anilines is 1. The van der Waals surface area contributed by atoms with E-state index in [4.69, 9.17) is 24.1 Å². The minimum Gasteiger partial charge on any atom is -0.496 e. The molecule has 1 heterocycles. The number of carbonyl (C=O) groups excluding carboxylic acids is 1. The maximum absolute atomic E-state index is 14.2. The van der Waals surface area contributed by atoms with Gasteiger partial charge in [0, 0.05) is 37.4 Å². The van der Waals surface area contributed by atoms with Gasteiger partial charge in [0.05, 0.1) is 39.6 Å². The summed E-state index contributed by atoms with van der Waals surface area (Å²) >= 11 is 0. The number of hydrogen-bond acceptors (Lipinski definition) is 7. The Balaban J connectivity index is 0.000000236. The fourth-order valence-corrected chi connectivity index (χ4v) is 5.08. The summed E-state index contributed by atoms with van der Waals surface area (Å²) in [6.07, 6.45) is 0.781. The molecule has 9 nitrogen and oxygen atoms in total. The first-order valence-corrected chi connectivity index (χ1v) is 14.5. The molecular weight excluding hydrogens is 574 g/mol. The quantitative estimate of drug-likeness (QED) is 0.311. The van der Waals surface area contributed by atoms with Gasteiger partial charge >= 0.3 is 5.97 Å². The van der Waals surface area contributed by atoms with Gasteiger partial charge in [-0.25, -0.2) is 4.39 Å². The number of aryl methyl sites for hydroxylation is 1. The van der Waals surface area contributed by atoms with Crippen LogP contribution in [-0.2, 0) is 27.3 Å². The molecule has 0 spiro atoms. The number of ether oxygens (including phenoxy) is 4. The molecule has 1 amide bonds. The summed E-state index contributed by atoms with van der Waals surface area (Å²) in [5.41, 5.74) is 5.14. The third kappa shape index (κ3) is 9.92. The monoisotopic (exact) mass is 614 g/mol. The van der Waals surface area contributed by atoms with Crippen molar-refractivity contribution in [1.29, 1.82) is 0 Å². The summed E-state index contributed by atoms with van der Waals surface area (Å²) in [5, 5.41) is 11.1. The van der Waals surface area contributed by atoms with Crippen LogP contribution >= 0.6 is 9.24 Å². The molecule has 1 atom stereocenters. The van der Waals surface area contributed by atoms with Crippen LogP contribution in [-0.4, -0.2) is 70.7 Å². The van der Waals surface area contributed by atoms with Gasteiger partial charge in [0.25, 0.3) is 5.91 Å². The largest absolute Gasteiger partial charge is 0.496 e. The molecule has 0 radical (unpaired) electrons. The van der Waals surface area contributed by atoms with Gasteiger partial charge in [-0.2, -0.15) is 0 Å². The maximum atomic E-state index is 14.2. The lowest BCUT2D eigenvalue weighted by Crippen LogP contribution is -2.37. The summed E-state index contributed by atoms with van der Waals surface area (Å²) in [6.45, 7) is 7.27. The lowest BCUT2D eigenvalue weighted by molar-refractivity contribution is -0.135. The van der Waals surface area contributed by atoms with Crippen molar-refractivity contribution in [1.82, 2.24) is 5.32 Å². The molecule has 0 saturated carbocycles. The van der Waals surface area contributed by atoms with E-state index in [-0.39, 0.29) is 5.56 Å². The molecule has 0 bridgehead atoms. The van der Waals surface area contributed by atoms with Crippen molar-refractivity contribution in [3.63, 3.8) is 0 Å². The van der Waals surface area contributed by atoms with Gasteiger partial charge in [-0.1, -0.05) is 29.8 Å². The predicted molar refractivity (Wildman–Crippen MR) is 168 cm³/mol. The molecule has 1 fully saturated rings. The van der Waals surface area contributed by atoms with Crippen molar-refractivity contribution in [2.75, 3.05) is 58.6 Å². The number of methoxy groups -OCH3 is 2. The van der Waals surface area contributed by atoms with Crippen LogP contribution in [0.4, 0.5) is 10.1 Å². The van der Waals surface area contributed by atoms with E-state index < -0.39 is 24.2 Å². The van der Waals surface area contributed by atoms with Gasteiger partial charge in [0.2, 0.25) is 0 Å². The second kappa shape index (κ2) is 16.8. The van der Waals surface area contributed by atoms with E-state index >= 15 is 0 Å². The number of halogens is 1. The number of rotatable bonds is 11. The van der Waals surface area contributed by atoms with Crippen molar-refractivity contribution in [2.45, 2.75) is 26.9 Å². The van der Waals surface area contributed by atoms with E-state index in [2.05, 4.69) is 45.7 Å². The maximum Gasteiger partial charge on any atom is 0.322 e. The predicted octanol–water partition coefficient (Wildman–Crippen LogP) is 4.12. The van der Waals surface area contributed by atoms with Crippen molar-refractivity contribution in [2.24, 2.45) is 0 Å². The zero-order valence-corrected chi connectivity index (χ0v) is 26.2. The number of aliphatic carboxylic acids is 1. The molecule has 1 aliphatic heterocycles. The molecular formula is C32H40FN2O7P. The number of morpholine rings is 1. The van der Waals surface area contributed by atoms with E-state index in [1.54, 1.807) is 20.3 Å². The Morgan fingerprint density at radius 2 is 1.72 bits per heavy atom. The molecule has 2 N–H and O–H groups in total. The topological polar surface area (TPSA) is 107 Å². The van der Waals surface area contributed by atoms with Crippen molar-refractivity contribution >= 4 is 32.1 Å². The van der Waals surface area contributed by atoms with Crippen LogP contribution in [0.2, 0.25) is 0 Å².